The SMILES string of the molecule is CNCc1cnc(OCCN2CCCC2)c2ccccc12. The van der Waals surface area contributed by atoms with Gasteiger partial charge in [-0.05, 0) is 50.0 Å². The van der Waals surface area contributed by atoms with Crippen molar-refractivity contribution in [3.8, 4) is 5.88 Å². The average Bonchev–Trinajstić information content (AvgIpc) is 3.03. The number of rotatable bonds is 6. The number of aromatic nitrogens is 1. The van der Waals surface area contributed by atoms with E-state index in [-0.39, 0.29) is 0 Å². The molecule has 0 bridgehead atoms. The maximum Gasteiger partial charge on any atom is 0.221 e. The molecule has 1 aliphatic heterocycles. The molecule has 0 unspecified atom stereocenters. The lowest BCUT2D eigenvalue weighted by Gasteiger charge is -2.16. The van der Waals surface area contributed by atoms with Gasteiger partial charge in [-0.3, -0.25) is 4.90 Å². The van der Waals surface area contributed by atoms with Gasteiger partial charge in [-0.15, -0.1) is 0 Å². The van der Waals surface area contributed by atoms with E-state index in [1.165, 1.54) is 36.9 Å². The Morgan fingerprint density at radius 2 is 1.95 bits per heavy atom. The van der Waals surface area contributed by atoms with Gasteiger partial charge in [0, 0.05) is 24.7 Å². The molecule has 0 radical (unpaired) electrons. The second kappa shape index (κ2) is 6.87. The maximum atomic E-state index is 5.94. The minimum absolute atomic E-state index is 0.711. The van der Waals surface area contributed by atoms with Crippen LogP contribution in [0.15, 0.2) is 30.5 Å². The zero-order valence-electron chi connectivity index (χ0n) is 12.6. The molecule has 1 aromatic carbocycles. The van der Waals surface area contributed by atoms with E-state index in [2.05, 4.69) is 33.4 Å². The number of nitrogens with zero attached hydrogens (tertiary/aromatic N) is 2. The van der Waals surface area contributed by atoms with Crippen LogP contribution in [0.25, 0.3) is 10.8 Å². The van der Waals surface area contributed by atoms with Crippen LogP contribution in [0, 0.1) is 0 Å². The van der Waals surface area contributed by atoms with Gasteiger partial charge in [-0.1, -0.05) is 18.2 Å². The Kier molecular flexibility index (Phi) is 4.68. The molecule has 3 rings (SSSR count). The van der Waals surface area contributed by atoms with E-state index in [1.54, 1.807) is 0 Å². The first kappa shape index (κ1) is 14.3. The fourth-order valence-electron chi connectivity index (χ4n) is 2.95. The fraction of sp³-hybridized carbons (Fsp3) is 0.471. The molecule has 0 aliphatic carbocycles. The summed E-state index contributed by atoms with van der Waals surface area (Å²) in [5.74, 6) is 0.754. The summed E-state index contributed by atoms with van der Waals surface area (Å²) in [6.45, 7) is 4.94. The molecular weight excluding hydrogens is 262 g/mol. The highest BCUT2D eigenvalue weighted by atomic mass is 16.5. The summed E-state index contributed by atoms with van der Waals surface area (Å²) < 4.78 is 5.94. The van der Waals surface area contributed by atoms with Crippen molar-refractivity contribution in [3.05, 3.63) is 36.0 Å². The van der Waals surface area contributed by atoms with Crippen molar-refractivity contribution in [1.82, 2.24) is 15.2 Å². The molecule has 4 heteroatoms. The largest absolute Gasteiger partial charge is 0.476 e. The van der Waals surface area contributed by atoms with Gasteiger partial charge in [-0.2, -0.15) is 0 Å². The van der Waals surface area contributed by atoms with Gasteiger partial charge in [0.1, 0.15) is 6.61 Å². The zero-order chi connectivity index (χ0) is 14.5. The molecule has 112 valence electrons. The Labute approximate surface area is 126 Å². The van der Waals surface area contributed by atoms with Crippen LogP contribution in [0.3, 0.4) is 0 Å². The Hall–Kier alpha value is -1.65. The normalized spacial score (nSPS) is 15.7. The van der Waals surface area contributed by atoms with Crippen molar-refractivity contribution in [3.63, 3.8) is 0 Å². The van der Waals surface area contributed by atoms with Gasteiger partial charge in [0.15, 0.2) is 0 Å². The Balaban J connectivity index is 1.74. The van der Waals surface area contributed by atoms with E-state index >= 15 is 0 Å². The maximum absolute atomic E-state index is 5.94. The molecule has 0 amide bonds. The summed E-state index contributed by atoms with van der Waals surface area (Å²) in [5, 5.41) is 5.51. The lowest BCUT2D eigenvalue weighted by atomic mass is 10.1. The van der Waals surface area contributed by atoms with Crippen LogP contribution < -0.4 is 10.1 Å². The zero-order valence-corrected chi connectivity index (χ0v) is 12.6. The monoisotopic (exact) mass is 285 g/mol. The summed E-state index contributed by atoms with van der Waals surface area (Å²) in [6, 6.07) is 8.33. The van der Waals surface area contributed by atoms with E-state index in [1.807, 2.05) is 19.3 Å². The number of ether oxygens (including phenoxy) is 1. The van der Waals surface area contributed by atoms with Crippen molar-refractivity contribution < 1.29 is 4.74 Å². The molecular formula is C17H23N3O. The van der Waals surface area contributed by atoms with Crippen molar-refractivity contribution in [1.29, 1.82) is 0 Å². The van der Waals surface area contributed by atoms with Crippen molar-refractivity contribution in [2.75, 3.05) is 33.3 Å². The highest BCUT2D eigenvalue weighted by Crippen LogP contribution is 2.26. The number of hydrogen-bond acceptors (Lipinski definition) is 4. The molecule has 1 aliphatic rings. The summed E-state index contributed by atoms with van der Waals surface area (Å²) in [5.41, 5.74) is 1.21. The molecule has 2 aromatic rings. The number of hydrogen-bond donors (Lipinski definition) is 1. The summed E-state index contributed by atoms with van der Waals surface area (Å²) in [7, 11) is 1.95. The number of pyridine rings is 1. The quantitative estimate of drug-likeness (QED) is 0.884. The van der Waals surface area contributed by atoms with Crippen LogP contribution in [0.5, 0.6) is 5.88 Å². The van der Waals surface area contributed by atoms with E-state index in [9.17, 15) is 0 Å². The van der Waals surface area contributed by atoms with Crippen LogP contribution in [0.2, 0.25) is 0 Å². The van der Waals surface area contributed by atoms with Crippen molar-refractivity contribution >= 4 is 10.8 Å². The summed E-state index contributed by atoms with van der Waals surface area (Å²) in [6.07, 6.45) is 4.56. The van der Waals surface area contributed by atoms with E-state index < -0.39 is 0 Å². The number of nitrogens with one attached hydrogen (secondary N) is 1. The minimum Gasteiger partial charge on any atom is -0.476 e. The molecule has 0 saturated carbocycles. The van der Waals surface area contributed by atoms with Gasteiger partial charge in [0.25, 0.3) is 0 Å². The Morgan fingerprint density at radius 3 is 2.71 bits per heavy atom. The molecule has 1 saturated heterocycles. The molecule has 1 aromatic heterocycles. The van der Waals surface area contributed by atoms with Gasteiger partial charge >= 0.3 is 0 Å². The number of fused-ring (bicyclic) bond motifs is 1. The number of benzene rings is 1. The first-order valence-electron chi connectivity index (χ1n) is 7.75. The molecule has 0 spiro atoms. The molecule has 2 heterocycles. The van der Waals surface area contributed by atoms with E-state index in [0.717, 1.165) is 24.4 Å². The Morgan fingerprint density at radius 1 is 1.19 bits per heavy atom. The van der Waals surface area contributed by atoms with Gasteiger partial charge < -0.3 is 10.1 Å². The van der Waals surface area contributed by atoms with Gasteiger partial charge in [0.2, 0.25) is 5.88 Å². The molecule has 1 N–H and O–H groups in total. The molecule has 1 fully saturated rings. The third kappa shape index (κ3) is 3.34. The highest BCUT2D eigenvalue weighted by Gasteiger charge is 2.12. The van der Waals surface area contributed by atoms with E-state index in [0.29, 0.717) is 6.61 Å². The first-order chi connectivity index (χ1) is 10.4. The average molecular weight is 285 g/mol. The second-order valence-corrected chi connectivity index (χ2v) is 5.56. The first-order valence-corrected chi connectivity index (χ1v) is 7.75. The van der Waals surface area contributed by atoms with Crippen molar-refractivity contribution in [2.24, 2.45) is 0 Å². The Bertz CT molecular complexity index is 594. The van der Waals surface area contributed by atoms with Crippen LogP contribution in [-0.4, -0.2) is 43.2 Å². The van der Waals surface area contributed by atoms with Gasteiger partial charge in [-0.25, -0.2) is 4.98 Å². The number of likely N-dealkylation sites (tertiary alicyclic amines) is 1. The van der Waals surface area contributed by atoms with Crippen molar-refractivity contribution in [2.45, 2.75) is 19.4 Å². The standard InChI is InChI=1S/C17H23N3O/c1-18-12-14-13-19-17(16-7-3-2-6-15(14)16)21-11-10-20-8-4-5-9-20/h2-3,6-7,13,18H,4-5,8-12H2,1H3. The van der Waals surface area contributed by atoms with Crippen LogP contribution >= 0.6 is 0 Å². The smallest absolute Gasteiger partial charge is 0.221 e. The summed E-state index contributed by atoms with van der Waals surface area (Å²) >= 11 is 0. The third-order valence-corrected chi connectivity index (χ3v) is 4.05. The summed E-state index contributed by atoms with van der Waals surface area (Å²) in [4.78, 5) is 6.96. The lowest BCUT2D eigenvalue weighted by Crippen LogP contribution is -2.25. The van der Waals surface area contributed by atoms with Crippen LogP contribution in [0.4, 0.5) is 0 Å². The molecule has 0 atom stereocenters. The molecule has 21 heavy (non-hydrogen) atoms. The molecule has 4 nitrogen and oxygen atoms in total. The fourth-order valence-corrected chi connectivity index (χ4v) is 2.95. The minimum atomic E-state index is 0.711. The highest BCUT2D eigenvalue weighted by molar-refractivity contribution is 5.89. The van der Waals surface area contributed by atoms with Gasteiger partial charge in [0.05, 0.1) is 0 Å². The second-order valence-electron chi connectivity index (χ2n) is 5.56. The van der Waals surface area contributed by atoms with Crippen LogP contribution in [0.1, 0.15) is 18.4 Å². The predicted molar refractivity (Wildman–Crippen MR) is 85.7 cm³/mol. The third-order valence-electron chi connectivity index (χ3n) is 4.05. The van der Waals surface area contributed by atoms with E-state index in [4.69, 9.17) is 4.74 Å². The lowest BCUT2D eigenvalue weighted by molar-refractivity contribution is 0.234. The predicted octanol–water partition coefficient (Wildman–Crippen LogP) is 2.43. The topological polar surface area (TPSA) is 37.4 Å². The van der Waals surface area contributed by atoms with Crippen LogP contribution in [-0.2, 0) is 6.54 Å².